The molecule has 0 radical (unpaired) electrons. The van der Waals surface area contributed by atoms with Crippen LogP contribution in [0.15, 0.2) is 66.7 Å². The summed E-state index contributed by atoms with van der Waals surface area (Å²) in [5.74, 6) is -8.32. The van der Waals surface area contributed by atoms with E-state index < -0.39 is 165 Å². The Labute approximate surface area is 563 Å². The number of hydrogen-bond donors (Lipinski definition) is 12. The van der Waals surface area contributed by atoms with Crippen molar-refractivity contribution in [2.45, 2.75) is 137 Å². The number of piperazine rings is 1. The summed E-state index contributed by atoms with van der Waals surface area (Å²) >= 11 is 2.09. The van der Waals surface area contributed by atoms with Crippen LogP contribution in [0, 0.1) is 12.5 Å². The molecule has 0 saturated carbocycles. The third-order valence-corrected chi connectivity index (χ3v) is 19.0. The van der Waals surface area contributed by atoms with Crippen molar-refractivity contribution in [2.75, 3.05) is 85.9 Å². The van der Waals surface area contributed by atoms with Gasteiger partial charge in [0.25, 0.3) is 18.2 Å². The molecule has 32 heteroatoms. The fraction of sp³-hybridized carbons (Fsp3) is 0.567. The number of fused-ring (bicyclic) bond motifs is 2. The number of phenols is 1. The molecule has 0 bridgehead atoms. The molecule has 5 heterocycles. The van der Waals surface area contributed by atoms with Gasteiger partial charge in [0.05, 0.1) is 30.5 Å². The van der Waals surface area contributed by atoms with Gasteiger partial charge in [-0.3, -0.25) is 38.6 Å². The molecule has 5 aliphatic rings. The third kappa shape index (κ3) is 18.6. The van der Waals surface area contributed by atoms with Gasteiger partial charge in [0.1, 0.15) is 36.3 Å². The number of phenolic OH excluding ortho intramolecular Hbond substituents is 1. The van der Waals surface area contributed by atoms with E-state index in [2.05, 4.69) is 98.5 Å². The minimum atomic E-state index is -2.15. The number of rotatable bonds is 18. The van der Waals surface area contributed by atoms with E-state index in [1.165, 1.54) is 43.7 Å². The number of β-amino-alcohol motifs (C(OH)–C–C–N with tert-alkyl or cyclic N) is 1. The van der Waals surface area contributed by atoms with Gasteiger partial charge in [-0.2, -0.15) is 11.8 Å². The number of aromatic hydroxyl groups is 1. The van der Waals surface area contributed by atoms with Crippen LogP contribution in [0.5, 0.6) is 11.5 Å². The average molecular weight is 1330 g/mol. The second-order valence-corrected chi connectivity index (χ2v) is 25.4. The molecule has 496 valence electrons. The van der Waals surface area contributed by atoms with Gasteiger partial charge in [-0.25, -0.2) is 6.57 Å². The summed E-state index contributed by atoms with van der Waals surface area (Å²) in [5.41, 5.74) is 3.37. The summed E-state index contributed by atoms with van der Waals surface area (Å²) in [6, 6.07) is 7.52. The molecule has 5 saturated heterocycles. The number of aliphatic hydroxyl groups is 6. The molecule has 5 fully saturated rings. The maximum absolute atomic E-state index is 14.6. The number of benzene rings is 3. The Hall–Kier alpha value is -6.22. The number of aliphatic hydroxyl groups excluding tert-OH is 6. The molecule has 0 aromatic heterocycles. The van der Waals surface area contributed by atoms with E-state index in [4.69, 9.17) is 10.8 Å². The van der Waals surface area contributed by atoms with E-state index >= 15 is 0 Å². The van der Waals surface area contributed by atoms with E-state index in [-0.39, 0.29) is 65.3 Å². The van der Waals surface area contributed by atoms with Gasteiger partial charge in [0.2, 0.25) is 42.0 Å². The molecule has 13 atom stereocenters. The number of nitrogens with one attached hydrogen (secondary N) is 5. The summed E-state index contributed by atoms with van der Waals surface area (Å²) in [4.78, 5) is 113. The van der Waals surface area contributed by atoms with Crippen molar-refractivity contribution in [3.8, 4) is 11.5 Å². The summed E-state index contributed by atoms with van der Waals surface area (Å²) < 4.78 is 9.18. The quantitative estimate of drug-likeness (QED) is 0.0142. The molecule has 0 unspecified atom stereocenters. The van der Waals surface area contributed by atoms with Crippen LogP contribution in [0.2, 0.25) is 0 Å². The summed E-state index contributed by atoms with van der Waals surface area (Å²) in [6.07, 6.45) is -8.65. The molecule has 8 rings (SSSR count). The number of nitrogens with zero attached hydrogens (tertiary/aromatic N) is 6. The van der Waals surface area contributed by atoms with Gasteiger partial charge in [-0.05, 0) is 98.2 Å². The number of piperidine rings is 1. The maximum Gasteiger partial charge on any atom is 1.00 e. The van der Waals surface area contributed by atoms with Crippen molar-refractivity contribution >= 4 is 82.5 Å². The van der Waals surface area contributed by atoms with E-state index in [1.54, 1.807) is 24.3 Å². The molecular weight excluding hydrogens is 1250 g/mol. The SMILES string of the molecule is [C-]#[N+]C[C@@H](O)[C@@H]1NC(=O)[C@H]([C@H](O)Cc2ccc(O)c(OSOO[O-])c2)NC(=O)[C@@H]2C[C@H](O)CN2C(=O)[C@H]([C@H](C)O)NC(=O)[C@@H](NC(=O)c2ccc(N3CCN(c4ccc(N5CCC(SCCC)CC5)cc4)CC3)cc2)C[C@H](O)CNC(=O)[C@@H]2[C@@H](O)[C@H](C)CN2C1=O.[Na+]. The first kappa shape index (κ1) is 73.2. The normalized spacial score (nSPS) is 26.8. The first-order valence-electron chi connectivity index (χ1n) is 30.3. The number of carbonyl (C=O) groups is 7. The predicted molar refractivity (Wildman–Crippen MR) is 330 cm³/mol. The van der Waals surface area contributed by atoms with E-state index in [9.17, 15) is 74.6 Å². The van der Waals surface area contributed by atoms with Crippen molar-refractivity contribution in [3.05, 3.63) is 89.3 Å². The zero-order chi connectivity index (χ0) is 65.6. The molecule has 5 aliphatic heterocycles. The van der Waals surface area contributed by atoms with Crippen LogP contribution in [-0.2, 0) is 44.6 Å². The number of carbonyl (C=O) groups excluding carboxylic acids is 7. The first-order valence-corrected chi connectivity index (χ1v) is 32.0. The molecule has 3 aromatic carbocycles. The van der Waals surface area contributed by atoms with Gasteiger partial charge in [0, 0.05) is 112 Å². The smallest absolute Gasteiger partial charge is 0.691 e. The van der Waals surface area contributed by atoms with Crippen molar-refractivity contribution in [1.29, 1.82) is 0 Å². The van der Waals surface area contributed by atoms with E-state index in [0.717, 1.165) is 71.7 Å². The van der Waals surface area contributed by atoms with Crippen LogP contribution < -0.4 is 80.3 Å². The molecule has 0 spiro atoms. The Balaban J connectivity index is 0.0000120. The first-order chi connectivity index (χ1) is 43.6. The standard InChI is InChI=1S/C60H81N11O18S2.Na/c1-5-24-90-42-16-18-67(19-17-42)38-11-13-39(14-12-38)69-22-20-68(21-23-69)37-9-7-36(8-10-37)54(79)63-43-27-40(73)29-62-58(83)52-53(78)33(2)31-71(52)60(85)51(47(77)30-61-4)66-57(82)50(46(76)25-35-6-15-45(75)48(26-35)87-91-89-88-86)65-56(81)44-28-41(74)32-70(44)59(84)49(34(3)72)64-55(43)80;/h6-15,26,33-34,40-44,46-47,49-53,72-78,86H,5,16-25,27-32H2,1-3H3,(H,62,83)(H,63,79)(H,64,80)(H,65,81)(H,66,82);/q;+1/p-1/t33-,34+,40+,41+,43+,44+,46-,47-,49+,50+,51+,52+,53+;/m1./s1. The topological polar surface area (TPSA) is 393 Å². The van der Waals surface area contributed by atoms with Gasteiger partial charge < -0.3 is 101 Å². The largest absolute Gasteiger partial charge is 1.00 e. The monoisotopic (exact) mass is 1330 g/mol. The van der Waals surface area contributed by atoms with Crippen LogP contribution >= 0.6 is 24.1 Å². The fourth-order valence-corrected chi connectivity index (χ4v) is 13.4. The third-order valence-electron chi connectivity index (χ3n) is 17.0. The molecule has 0 aliphatic carbocycles. The number of thioether (sulfide) groups is 1. The Kier molecular flexibility index (Phi) is 27.3. The van der Waals surface area contributed by atoms with Crippen LogP contribution in [0.3, 0.4) is 0 Å². The second-order valence-electron chi connectivity index (χ2n) is 23.5. The summed E-state index contributed by atoms with van der Waals surface area (Å²) in [7, 11) is 0. The maximum atomic E-state index is 14.6. The Morgan fingerprint density at radius 2 is 1.34 bits per heavy atom. The molecule has 3 aromatic rings. The minimum absolute atomic E-state index is 0. The van der Waals surface area contributed by atoms with Gasteiger partial charge >= 0.3 is 29.6 Å². The van der Waals surface area contributed by atoms with Gasteiger partial charge in [-0.15, -0.1) is 4.33 Å². The second kappa shape index (κ2) is 34.3. The molecular formula is C60H80N11NaO18S2. The van der Waals surface area contributed by atoms with Crippen molar-refractivity contribution in [3.63, 3.8) is 0 Å². The molecule has 29 nitrogen and oxygen atoms in total. The predicted octanol–water partition coefficient (Wildman–Crippen LogP) is -5.13. The van der Waals surface area contributed by atoms with Crippen molar-refractivity contribution < 1.29 is 118 Å². The van der Waals surface area contributed by atoms with Gasteiger partial charge in [-0.1, -0.05) is 19.9 Å². The number of anilines is 3. The zero-order valence-electron chi connectivity index (χ0n) is 51.6. The Morgan fingerprint density at radius 3 is 1.93 bits per heavy atom. The molecule has 92 heavy (non-hydrogen) atoms. The van der Waals surface area contributed by atoms with Crippen LogP contribution in [-0.4, -0.2) is 236 Å². The average Bonchev–Trinajstić information content (AvgIpc) is 1.61. The van der Waals surface area contributed by atoms with Crippen molar-refractivity contribution in [2.24, 2.45) is 5.92 Å². The van der Waals surface area contributed by atoms with E-state index in [0.29, 0.717) is 13.1 Å². The van der Waals surface area contributed by atoms with Crippen LogP contribution in [0.25, 0.3) is 4.85 Å². The Bertz CT molecular complexity index is 3050. The zero-order valence-corrected chi connectivity index (χ0v) is 55.2. The van der Waals surface area contributed by atoms with Crippen molar-refractivity contribution in [1.82, 2.24) is 36.4 Å². The van der Waals surface area contributed by atoms with Crippen LogP contribution in [0.4, 0.5) is 17.1 Å². The van der Waals surface area contributed by atoms with Crippen LogP contribution in [0.1, 0.15) is 68.8 Å². The van der Waals surface area contributed by atoms with Gasteiger partial charge in [0.15, 0.2) is 17.6 Å². The minimum Gasteiger partial charge on any atom is -0.691 e. The summed E-state index contributed by atoms with van der Waals surface area (Å²) in [5, 5.41) is 105. The molecule has 7 amide bonds. The number of amides is 7. The molecule has 12 N–H and O–H groups in total. The number of hydrogen-bond acceptors (Lipinski definition) is 23. The fourth-order valence-electron chi connectivity index (χ4n) is 12.0. The Morgan fingerprint density at radius 1 is 0.750 bits per heavy atom. The summed E-state index contributed by atoms with van der Waals surface area (Å²) in [6.45, 7) is 14.8. The van der Waals surface area contributed by atoms with E-state index in [1.807, 2.05) is 0 Å².